The summed E-state index contributed by atoms with van der Waals surface area (Å²) < 4.78 is 21.6. The Hall–Kier alpha value is -4.79. The minimum absolute atomic E-state index is 0.0806. The summed E-state index contributed by atoms with van der Waals surface area (Å²) in [5.41, 5.74) is 6.30. The molecular weight excluding hydrogens is 500 g/mol. The number of rotatable bonds is 10. The fourth-order valence-electron chi connectivity index (χ4n) is 4.75. The van der Waals surface area contributed by atoms with E-state index in [1.165, 1.54) is 6.07 Å². The number of carboxylic acid groups (broad SMARTS) is 1. The number of aryl methyl sites for hydroxylation is 1. The fraction of sp³-hybridized carbons (Fsp3) is 0.233. The van der Waals surface area contributed by atoms with E-state index >= 15 is 0 Å². The van der Waals surface area contributed by atoms with Crippen molar-refractivity contribution in [1.29, 1.82) is 0 Å². The Labute approximate surface area is 225 Å². The molecule has 0 radical (unpaired) electrons. The van der Waals surface area contributed by atoms with Gasteiger partial charge in [-0.15, -0.1) is 0 Å². The number of aromatic nitrogens is 1. The second-order valence-electron chi connectivity index (χ2n) is 9.28. The molecule has 1 heterocycles. The zero-order chi connectivity index (χ0) is 27.4. The number of hydrogen-bond donors (Lipinski definition) is 2. The summed E-state index contributed by atoms with van der Waals surface area (Å²) in [6.07, 6.45) is -0.951. The summed E-state index contributed by atoms with van der Waals surface area (Å²) in [6, 6.07) is 21.8. The first-order chi connectivity index (χ1) is 18.9. The van der Waals surface area contributed by atoms with Gasteiger partial charge in [0.15, 0.2) is 0 Å². The Balaban J connectivity index is 1.17. The van der Waals surface area contributed by atoms with E-state index in [4.69, 9.17) is 18.7 Å². The molecule has 0 fully saturated rings. The van der Waals surface area contributed by atoms with Crippen molar-refractivity contribution in [3.8, 4) is 22.8 Å². The lowest BCUT2D eigenvalue weighted by Crippen LogP contribution is -2.42. The number of carbonyl (C=O) groups is 2. The summed E-state index contributed by atoms with van der Waals surface area (Å²) in [5, 5.41) is 16.0. The van der Waals surface area contributed by atoms with Crippen LogP contribution in [0.3, 0.4) is 0 Å². The number of hydrogen-bond acceptors (Lipinski definition) is 7. The Kier molecular flexibility index (Phi) is 7.49. The minimum atomic E-state index is -1.27. The van der Waals surface area contributed by atoms with Crippen LogP contribution in [0.2, 0.25) is 0 Å². The molecule has 0 aliphatic heterocycles. The van der Waals surface area contributed by atoms with Crippen molar-refractivity contribution < 1.29 is 33.4 Å². The standard InChI is InChI=1S/C30H28N2O7/c1-18-13-20(36-2)12-11-19(18)16-37-28-15-21(39-32-28)14-27(29(33)34)31-30(35)38-17-26-24-9-5-3-7-22(24)23-8-4-6-10-25(23)26/h3-13,15,26-27H,14,16-17H2,1-2H3,(H,31,35)(H,33,34)/t27-/m0/s1. The predicted octanol–water partition coefficient (Wildman–Crippen LogP) is 5.11. The van der Waals surface area contributed by atoms with E-state index in [9.17, 15) is 14.7 Å². The average molecular weight is 529 g/mol. The van der Waals surface area contributed by atoms with E-state index in [1.54, 1.807) is 7.11 Å². The lowest BCUT2D eigenvalue weighted by atomic mass is 9.98. The molecule has 4 aromatic rings. The van der Waals surface area contributed by atoms with Crippen LogP contribution < -0.4 is 14.8 Å². The maximum absolute atomic E-state index is 12.6. The lowest BCUT2D eigenvalue weighted by Gasteiger charge is -2.17. The molecule has 1 atom stereocenters. The predicted molar refractivity (Wildman–Crippen MR) is 142 cm³/mol. The largest absolute Gasteiger partial charge is 0.497 e. The summed E-state index contributed by atoms with van der Waals surface area (Å²) in [7, 11) is 1.61. The molecule has 0 unspecified atom stereocenters. The van der Waals surface area contributed by atoms with Crippen LogP contribution in [0, 0.1) is 6.92 Å². The summed E-state index contributed by atoms with van der Waals surface area (Å²) in [6.45, 7) is 2.28. The number of fused-ring (bicyclic) bond motifs is 3. The highest BCUT2D eigenvalue weighted by atomic mass is 16.6. The smallest absolute Gasteiger partial charge is 0.407 e. The number of methoxy groups -OCH3 is 1. The molecule has 1 aliphatic rings. The summed E-state index contributed by atoms with van der Waals surface area (Å²) >= 11 is 0. The van der Waals surface area contributed by atoms with Gasteiger partial charge in [-0.05, 0) is 57.6 Å². The zero-order valence-corrected chi connectivity index (χ0v) is 21.5. The molecule has 1 aromatic heterocycles. The van der Waals surface area contributed by atoms with Crippen molar-refractivity contribution in [3.05, 3.63) is 101 Å². The SMILES string of the molecule is COc1ccc(COc2cc(C[C@H](NC(=O)OCC3c4ccccc4-c4ccccc43)C(=O)O)on2)c(C)c1. The van der Waals surface area contributed by atoms with Crippen molar-refractivity contribution in [3.63, 3.8) is 0 Å². The molecule has 39 heavy (non-hydrogen) atoms. The molecule has 2 N–H and O–H groups in total. The Bertz CT molecular complexity index is 1450. The van der Waals surface area contributed by atoms with E-state index in [0.717, 1.165) is 39.1 Å². The Morgan fingerprint density at radius 3 is 2.36 bits per heavy atom. The van der Waals surface area contributed by atoms with Crippen LogP contribution in [0.15, 0.2) is 77.3 Å². The average Bonchev–Trinajstić information content (AvgIpc) is 3.52. The second kappa shape index (κ2) is 11.3. The number of ether oxygens (including phenoxy) is 3. The second-order valence-corrected chi connectivity index (χ2v) is 9.28. The molecular formula is C30H28N2O7. The third-order valence-corrected chi connectivity index (χ3v) is 6.80. The van der Waals surface area contributed by atoms with Crippen molar-refractivity contribution in [2.45, 2.75) is 31.9 Å². The summed E-state index contributed by atoms with van der Waals surface area (Å²) in [4.78, 5) is 24.5. The zero-order valence-electron chi connectivity index (χ0n) is 21.5. The van der Waals surface area contributed by atoms with E-state index in [-0.39, 0.29) is 37.2 Å². The lowest BCUT2D eigenvalue weighted by molar-refractivity contribution is -0.139. The quantitative estimate of drug-likeness (QED) is 0.292. The van der Waals surface area contributed by atoms with Gasteiger partial charge in [0, 0.05) is 18.4 Å². The molecule has 9 heteroatoms. The third-order valence-electron chi connectivity index (χ3n) is 6.80. The van der Waals surface area contributed by atoms with Gasteiger partial charge in [-0.1, -0.05) is 54.6 Å². The number of carboxylic acids is 1. The number of nitrogens with one attached hydrogen (secondary N) is 1. The first-order valence-corrected chi connectivity index (χ1v) is 12.5. The third kappa shape index (κ3) is 5.72. The molecule has 9 nitrogen and oxygen atoms in total. The van der Waals surface area contributed by atoms with Crippen LogP contribution in [0.5, 0.6) is 11.6 Å². The van der Waals surface area contributed by atoms with Crippen LogP contribution in [-0.4, -0.2) is 42.1 Å². The van der Waals surface area contributed by atoms with Crippen LogP contribution in [-0.2, 0) is 22.6 Å². The van der Waals surface area contributed by atoms with Crippen LogP contribution >= 0.6 is 0 Å². The molecule has 0 bridgehead atoms. The topological polar surface area (TPSA) is 120 Å². The minimum Gasteiger partial charge on any atom is -0.497 e. The highest BCUT2D eigenvalue weighted by Gasteiger charge is 2.30. The van der Waals surface area contributed by atoms with E-state index in [1.807, 2.05) is 73.7 Å². The summed E-state index contributed by atoms with van der Waals surface area (Å²) in [5.74, 6) is -0.136. The normalized spacial score (nSPS) is 12.8. The highest BCUT2D eigenvalue weighted by molar-refractivity contribution is 5.81. The van der Waals surface area contributed by atoms with Crippen molar-refractivity contribution >= 4 is 12.1 Å². The molecule has 5 rings (SSSR count). The van der Waals surface area contributed by atoms with Crippen molar-refractivity contribution in [2.24, 2.45) is 0 Å². The molecule has 3 aromatic carbocycles. The van der Waals surface area contributed by atoms with Gasteiger partial charge in [0.05, 0.1) is 7.11 Å². The Morgan fingerprint density at radius 2 is 1.72 bits per heavy atom. The number of amides is 1. The first-order valence-electron chi connectivity index (χ1n) is 12.5. The van der Waals surface area contributed by atoms with Crippen molar-refractivity contribution in [1.82, 2.24) is 10.5 Å². The number of carbonyl (C=O) groups excluding carboxylic acids is 1. The van der Waals surface area contributed by atoms with Crippen molar-refractivity contribution in [2.75, 3.05) is 13.7 Å². The van der Waals surface area contributed by atoms with Gasteiger partial charge < -0.3 is 29.2 Å². The number of nitrogens with zero attached hydrogens (tertiary/aromatic N) is 1. The molecule has 0 spiro atoms. The van der Waals surface area contributed by atoms with Gasteiger partial charge in [-0.25, -0.2) is 9.59 Å². The first kappa shape index (κ1) is 25.8. The van der Waals surface area contributed by atoms with Gasteiger partial charge in [-0.2, -0.15) is 0 Å². The van der Waals surface area contributed by atoms with Gasteiger partial charge in [0.25, 0.3) is 5.88 Å². The number of alkyl carbamates (subject to hydrolysis) is 1. The van der Waals surface area contributed by atoms with Gasteiger partial charge in [0.1, 0.15) is 30.8 Å². The van der Waals surface area contributed by atoms with E-state index in [2.05, 4.69) is 10.5 Å². The van der Waals surface area contributed by atoms with Gasteiger partial charge in [-0.3, -0.25) is 0 Å². The molecule has 0 saturated carbocycles. The van der Waals surface area contributed by atoms with Crippen LogP contribution in [0.25, 0.3) is 11.1 Å². The Morgan fingerprint density at radius 1 is 1.03 bits per heavy atom. The molecule has 1 amide bonds. The van der Waals surface area contributed by atoms with Gasteiger partial charge in [0.2, 0.25) is 0 Å². The van der Waals surface area contributed by atoms with Crippen LogP contribution in [0.1, 0.15) is 33.9 Å². The maximum atomic E-state index is 12.6. The highest BCUT2D eigenvalue weighted by Crippen LogP contribution is 2.44. The van der Waals surface area contributed by atoms with E-state index < -0.39 is 18.1 Å². The molecule has 1 aliphatic carbocycles. The van der Waals surface area contributed by atoms with Gasteiger partial charge >= 0.3 is 12.1 Å². The van der Waals surface area contributed by atoms with E-state index in [0.29, 0.717) is 0 Å². The maximum Gasteiger partial charge on any atom is 0.407 e. The molecule has 200 valence electrons. The van der Waals surface area contributed by atoms with Crippen LogP contribution in [0.4, 0.5) is 4.79 Å². The molecule has 0 saturated heterocycles. The number of benzene rings is 3. The number of aliphatic carboxylic acids is 1. The monoisotopic (exact) mass is 528 g/mol. The fourth-order valence-corrected chi connectivity index (χ4v) is 4.75.